The second kappa shape index (κ2) is 8.15. The van der Waals surface area contributed by atoms with Gasteiger partial charge in [0.1, 0.15) is 0 Å². The van der Waals surface area contributed by atoms with Crippen LogP contribution in [-0.2, 0) is 6.42 Å². The van der Waals surface area contributed by atoms with E-state index >= 15 is 0 Å². The fourth-order valence-corrected chi connectivity index (χ4v) is 2.74. The normalized spacial score (nSPS) is 12.0. The number of thiazole rings is 1. The molecule has 1 aromatic rings. The molecule has 0 aliphatic heterocycles. The SMILES string of the molecule is CN=C(NCCc1sc(C)nc1C)NCCC(C)C. The summed E-state index contributed by atoms with van der Waals surface area (Å²) in [4.78, 5) is 10.0. The first-order valence-electron chi connectivity index (χ1n) is 6.90. The third-order valence-electron chi connectivity index (χ3n) is 2.88. The molecule has 0 spiro atoms. The van der Waals surface area contributed by atoms with Crippen molar-refractivity contribution >= 4 is 17.3 Å². The van der Waals surface area contributed by atoms with E-state index in [-0.39, 0.29) is 0 Å². The molecule has 1 rings (SSSR count). The Kier molecular flexibility index (Phi) is 6.84. The molecule has 5 heteroatoms. The smallest absolute Gasteiger partial charge is 0.190 e. The molecule has 1 heterocycles. The van der Waals surface area contributed by atoms with Crippen LogP contribution in [0.5, 0.6) is 0 Å². The predicted octanol–water partition coefficient (Wildman–Crippen LogP) is 2.51. The summed E-state index contributed by atoms with van der Waals surface area (Å²) in [6.07, 6.45) is 2.16. The highest BCUT2D eigenvalue weighted by Crippen LogP contribution is 2.16. The van der Waals surface area contributed by atoms with Crippen molar-refractivity contribution in [3.05, 3.63) is 15.6 Å². The van der Waals surface area contributed by atoms with Gasteiger partial charge in [0.2, 0.25) is 0 Å². The van der Waals surface area contributed by atoms with E-state index in [1.54, 1.807) is 11.3 Å². The van der Waals surface area contributed by atoms with Crippen molar-refractivity contribution in [2.24, 2.45) is 10.9 Å². The Hall–Kier alpha value is -1.10. The lowest BCUT2D eigenvalue weighted by Gasteiger charge is -2.12. The van der Waals surface area contributed by atoms with Crippen LogP contribution in [0.4, 0.5) is 0 Å². The van der Waals surface area contributed by atoms with Crippen LogP contribution in [0, 0.1) is 19.8 Å². The largest absolute Gasteiger partial charge is 0.356 e. The zero-order chi connectivity index (χ0) is 14.3. The van der Waals surface area contributed by atoms with Gasteiger partial charge >= 0.3 is 0 Å². The highest BCUT2D eigenvalue weighted by Gasteiger charge is 2.05. The lowest BCUT2D eigenvalue weighted by molar-refractivity contribution is 0.573. The van der Waals surface area contributed by atoms with Gasteiger partial charge < -0.3 is 10.6 Å². The summed E-state index contributed by atoms with van der Waals surface area (Å²) in [6, 6.07) is 0. The maximum Gasteiger partial charge on any atom is 0.190 e. The van der Waals surface area contributed by atoms with E-state index in [0.29, 0.717) is 5.92 Å². The molecule has 2 N–H and O–H groups in total. The number of aromatic nitrogens is 1. The summed E-state index contributed by atoms with van der Waals surface area (Å²) >= 11 is 1.78. The molecule has 0 saturated heterocycles. The van der Waals surface area contributed by atoms with E-state index in [0.717, 1.165) is 42.6 Å². The van der Waals surface area contributed by atoms with Gasteiger partial charge in [-0.05, 0) is 26.2 Å². The number of nitrogens with one attached hydrogen (secondary N) is 2. The molecule has 0 bridgehead atoms. The molecule has 0 unspecified atom stereocenters. The number of guanidine groups is 1. The van der Waals surface area contributed by atoms with Gasteiger partial charge in [-0.1, -0.05) is 13.8 Å². The van der Waals surface area contributed by atoms with Gasteiger partial charge in [-0.3, -0.25) is 4.99 Å². The van der Waals surface area contributed by atoms with E-state index in [1.165, 1.54) is 4.88 Å². The predicted molar refractivity (Wildman–Crippen MR) is 84.1 cm³/mol. The molecule has 0 aliphatic rings. The van der Waals surface area contributed by atoms with E-state index < -0.39 is 0 Å². The number of aryl methyl sites for hydroxylation is 2. The quantitative estimate of drug-likeness (QED) is 0.622. The third-order valence-corrected chi connectivity index (χ3v) is 4.01. The lowest BCUT2D eigenvalue weighted by Crippen LogP contribution is -2.39. The van der Waals surface area contributed by atoms with Crippen molar-refractivity contribution in [3.63, 3.8) is 0 Å². The van der Waals surface area contributed by atoms with Crippen LogP contribution in [-0.4, -0.2) is 31.1 Å². The molecule has 4 nitrogen and oxygen atoms in total. The van der Waals surface area contributed by atoms with Gasteiger partial charge in [-0.15, -0.1) is 11.3 Å². The number of hydrogen-bond donors (Lipinski definition) is 2. The Bertz CT molecular complexity index is 410. The number of nitrogens with zero attached hydrogens (tertiary/aromatic N) is 2. The summed E-state index contributed by atoms with van der Waals surface area (Å²) in [7, 11) is 1.81. The minimum atomic E-state index is 0.716. The van der Waals surface area contributed by atoms with Crippen LogP contribution in [0.3, 0.4) is 0 Å². The summed E-state index contributed by atoms with van der Waals surface area (Å²) < 4.78 is 0. The Labute approximate surface area is 120 Å². The molecule has 108 valence electrons. The standard InChI is InChI=1S/C14H26N4S/c1-10(2)6-8-16-14(15-5)17-9-7-13-11(3)18-12(4)19-13/h10H,6-9H2,1-5H3,(H2,15,16,17). The Balaban J connectivity index is 2.28. The fraction of sp³-hybridized carbons (Fsp3) is 0.714. The summed E-state index contributed by atoms with van der Waals surface area (Å²) in [5.74, 6) is 1.60. The molecule has 1 aromatic heterocycles. The van der Waals surface area contributed by atoms with E-state index in [2.05, 4.69) is 48.3 Å². The van der Waals surface area contributed by atoms with Crippen molar-refractivity contribution in [3.8, 4) is 0 Å². The first-order chi connectivity index (χ1) is 9.02. The van der Waals surface area contributed by atoms with Crippen molar-refractivity contribution in [1.82, 2.24) is 15.6 Å². The second-order valence-corrected chi connectivity index (χ2v) is 6.39. The van der Waals surface area contributed by atoms with E-state index in [9.17, 15) is 0 Å². The first-order valence-corrected chi connectivity index (χ1v) is 7.72. The van der Waals surface area contributed by atoms with Crippen molar-refractivity contribution in [1.29, 1.82) is 0 Å². The molecule has 0 aromatic carbocycles. The second-order valence-electron chi connectivity index (χ2n) is 5.10. The molecule has 0 radical (unpaired) electrons. The van der Waals surface area contributed by atoms with Crippen molar-refractivity contribution in [2.45, 2.75) is 40.5 Å². The molecular formula is C14H26N4S. The average Bonchev–Trinajstić information content (AvgIpc) is 2.65. The Morgan fingerprint density at radius 3 is 2.47 bits per heavy atom. The van der Waals surface area contributed by atoms with Gasteiger partial charge in [0, 0.05) is 31.4 Å². The Morgan fingerprint density at radius 2 is 1.95 bits per heavy atom. The van der Waals surface area contributed by atoms with Gasteiger partial charge in [-0.2, -0.15) is 0 Å². The van der Waals surface area contributed by atoms with E-state index in [1.807, 2.05) is 7.05 Å². The lowest BCUT2D eigenvalue weighted by atomic mass is 10.1. The fourth-order valence-electron chi connectivity index (χ4n) is 1.80. The molecule has 0 atom stereocenters. The van der Waals surface area contributed by atoms with Crippen LogP contribution in [0.15, 0.2) is 4.99 Å². The highest BCUT2D eigenvalue weighted by atomic mass is 32.1. The summed E-state index contributed by atoms with van der Waals surface area (Å²) in [5.41, 5.74) is 1.16. The van der Waals surface area contributed by atoms with Crippen molar-refractivity contribution in [2.75, 3.05) is 20.1 Å². The van der Waals surface area contributed by atoms with Gasteiger partial charge in [-0.25, -0.2) is 4.98 Å². The number of hydrogen-bond acceptors (Lipinski definition) is 3. The van der Waals surface area contributed by atoms with E-state index in [4.69, 9.17) is 0 Å². The maximum absolute atomic E-state index is 4.44. The topological polar surface area (TPSA) is 49.3 Å². The zero-order valence-electron chi connectivity index (χ0n) is 12.7. The minimum absolute atomic E-state index is 0.716. The number of aliphatic imine (C=N–C) groups is 1. The van der Waals surface area contributed by atoms with Crippen LogP contribution in [0.2, 0.25) is 0 Å². The molecule has 0 aliphatic carbocycles. The highest BCUT2D eigenvalue weighted by molar-refractivity contribution is 7.11. The number of rotatable bonds is 6. The van der Waals surface area contributed by atoms with Crippen LogP contribution in [0.25, 0.3) is 0 Å². The zero-order valence-corrected chi connectivity index (χ0v) is 13.5. The maximum atomic E-state index is 4.44. The first kappa shape index (κ1) is 16.0. The summed E-state index contributed by atoms with van der Waals surface area (Å²) in [6.45, 7) is 10.5. The van der Waals surface area contributed by atoms with Gasteiger partial charge in [0.05, 0.1) is 10.7 Å². The van der Waals surface area contributed by atoms with Gasteiger partial charge in [0.15, 0.2) is 5.96 Å². The molecule has 19 heavy (non-hydrogen) atoms. The van der Waals surface area contributed by atoms with Gasteiger partial charge in [0.25, 0.3) is 0 Å². The third kappa shape index (κ3) is 6.05. The molecular weight excluding hydrogens is 256 g/mol. The molecule has 0 amide bonds. The van der Waals surface area contributed by atoms with Crippen LogP contribution >= 0.6 is 11.3 Å². The molecule has 0 saturated carbocycles. The average molecular weight is 282 g/mol. The summed E-state index contributed by atoms with van der Waals surface area (Å²) in [5, 5.41) is 7.82. The van der Waals surface area contributed by atoms with Crippen molar-refractivity contribution < 1.29 is 0 Å². The minimum Gasteiger partial charge on any atom is -0.356 e. The Morgan fingerprint density at radius 1 is 1.26 bits per heavy atom. The van der Waals surface area contributed by atoms with Crippen LogP contribution < -0.4 is 10.6 Å². The van der Waals surface area contributed by atoms with Crippen LogP contribution in [0.1, 0.15) is 35.8 Å². The monoisotopic (exact) mass is 282 g/mol. The molecule has 0 fully saturated rings.